The highest BCUT2D eigenvalue weighted by Gasteiger charge is 2.48. The molecule has 2 fully saturated rings. The van der Waals surface area contributed by atoms with Crippen LogP contribution in [0.3, 0.4) is 0 Å². The molecule has 0 bridgehead atoms. The normalized spacial score (nSPS) is 28.8. The van der Waals surface area contributed by atoms with Crippen LogP contribution in [0.1, 0.15) is 12.5 Å². The number of benzene rings is 1. The number of hydrogen-bond acceptors (Lipinski definition) is 4. The van der Waals surface area contributed by atoms with Crippen molar-refractivity contribution in [2.24, 2.45) is 4.99 Å². The Morgan fingerprint density at radius 1 is 1.33 bits per heavy atom. The van der Waals surface area contributed by atoms with Crippen LogP contribution in [0.2, 0.25) is 0 Å². The molecule has 0 radical (unpaired) electrons. The Morgan fingerprint density at radius 2 is 2.05 bits per heavy atom. The molecule has 112 valence electrons. The minimum atomic E-state index is -2.99. The Hall–Kier alpha value is -1.34. The summed E-state index contributed by atoms with van der Waals surface area (Å²) in [5.74, 6) is 0.0669. The van der Waals surface area contributed by atoms with Gasteiger partial charge < -0.3 is 4.90 Å². The third-order valence-corrected chi connectivity index (χ3v) is 6.87. The minimum absolute atomic E-state index is 0.0168. The predicted molar refractivity (Wildman–Crippen MR) is 83.9 cm³/mol. The van der Waals surface area contributed by atoms with Crippen LogP contribution in [-0.2, 0) is 21.2 Å². The maximum Gasteiger partial charge on any atom is 0.244 e. The average molecular weight is 324 g/mol. The summed E-state index contributed by atoms with van der Waals surface area (Å²) in [6.45, 7) is 2.00. The molecule has 21 heavy (non-hydrogen) atoms. The van der Waals surface area contributed by atoms with Crippen molar-refractivity contribution in [3.8, 4) is 0 Å². The molecule has 0 aliphatic carbocycles. The van der Waals surface area contributed by atoms with Crippen LogP contribution in [0.25, 0.3) is 0 Å². The smallest absolute Gasteiger partial charge is 0.244 e. The van der Waals surface area contributed by atoms with E-state index < -0.39 is 9.84 Å². The third-order valence-electron chi connectivity index (χ3n) is 3.62. The number of rotatable bonds is 2. The van der Waals surface area contributed by atoms with E-state index in [2.05, 4.69) is 4.99 Å². The van der Waals surface area contributed by atoms with Crippen molar-refractivity contribution in [3.63, 3.8) is 0 Å². The van der Waals surface area contributed by atoms with E-state index >= 15 is 0 Å². The molecule has 2 heterocycles. The molecule has 2 saturated heterocycles. The molecule has 0 spiro atoms. The van der Waals surface area contributed by atoms with Crippen molar-refractivity contribution in [3.05, 3.63) is 35.9 Å². The van der Waals surface area contributed by atoms with E-state index in [9.17, 15) is 13.2 Å². The van der Waals surface area contributed by atoms with Crippen molar-refractivity contribution in [1.82, 2.24) is 4.90 Å². The number of nitrogens with zero attached hydrogens (tertiary/aromatic N) is 2. The van der Waals surface area contributed by atoms with Gasteiger partial charge in [0.2, 0.25) is 5.91 Å². The maximum atomic E-state index is 11.8. The summed E-state index contributed by atoms with van der Waals surface area (Å²) in [5, 5.41) is 0.632. The molecule has 0 N–H and O–H groups in total. The largest absolute Gasteiger partial charge is 0.342 e. The van der Waals surface area contributed by atoms with Crippen LogP contribution in [0.4, 0.5) is 0 Å². The van der Waals surface area contributed by atoms with E-state index in [0.717, 1.165) is 5.56 Å². The zero-order valence-corrected chi connectivity index (χ0v) is 13.2. The van der Waals surface area contributed by atoms with Crippen LogP contribution >= 0.6 is 11.8 Å². The van der Waals surface area contributed by atoms with Gasteiger partial charge in [0.1, 0.15) is 0 Å². The highest BCUT2D eigenvalue weighted by Crippen LogP contribution is 2.38. The van der Waals surface area contributed by atoms with Crippen LogP contribution < -0.4 is 0 Å². The number of carbonyl (C=O) groups is 1. The lowest BCUT2D eigenvalue weighted by molar-refractivity contribution is -0.115. The fraction of sp³-hybridized carbons (Fsp3) is 0.429. The molecule has 0 unspecified atom stereocenters. The molecule has 5 nitrogen and oxygen atoms in total. The highest BCUT2D eigenvalue weighted by atomic mass is 32.2. The summed E-state index contributed by atoms with van der Waals surface area (Å²) in [6.07, 6.45) is 0. The lowest BCUT2D eigenvalue weighted by Crippen LogP contribution is -2.37. The Morgan fingerprint density at radius 3 is 2.71 bits per heavy atom. The van der Waals surface area contributed by atoms with Crippen LogP contribution in [0, 0.1) is 0 Å². The quantitative estimate of drug-likeness (QED) is 0.820. The van der Waals surface area contributed by atoms with E-state index in [-0.39, 0.29) is 28.7 Å². The minimum Gasteiger partial charge on any atom is -0.342 e. The van der Waals surface area contributed by atoms with Crippen molar-refractivity contribution < 1.29 is 13.2 Å². The topological polar surface area (TPSA) is 66.8 Å². The molecule has 1 aromatic rings. The van der Waals surface area contributed by atoms with Gasteiger partial charge in [-0.25, -0.2) is 8.42 Å². The van der Waals surface area contributed by atoms with Crippen molar-refractivity contribution in [2.45, 2.75) is 24.8 Å². The Kier molecular flexibility index (Phi) is 3.79. The van der Waals surface area contributed by atoms with E-state index in [1.807, 2.05) is 35.2 Å². The zero-order valence-electron chi connectivity index (χ0n) is 11.6. The van der Waals surface area contributed by atoms with E-state index in [1.54, 1.807) is 0 Å². The number of thioether (sulfide) groups is 1. The second kappa shape index (κ2) is 5.46. The third kappa shape index (κ3) is 3.13. The molecule has 2 atom stereocenters. The van der Waals surface area contributed by atoms with Gasteiger partial charge in [-0.2, -0.15) is 4.99 Å². The Labute approximate surface area is 128 Å². The fourth-order valence-corrected chi connectivity index (χ4v) is 6.73. The van der Waals surface area contributed by atoms with Crippen LogP contribution in [0.15, 0.2) is 35.3 Å². The number of sulfone groups is 1. The lowest BCUT2D eigenvalue weighted by atomic mass is 10.1. The summed E-state index contributed by atoms with van der Waals surface area (Å²) in [5.41, 5.74) is 1.08. The summed E-state index contributed by atoms with van der Waals surface area (Å²) >= 11 is 1.42. The van der Waals surface area contributed by atoms with Gasteiger partial charge >= 0.3 is 0 Å². The predicted octanol–water partition coefficient (Wildman–Crippen LogP) is 1.30. The van der Waals surface area contributed by atoms with Gasteiger partial charge in [0.15, 0.2) is 15.0 Å². The molecule has 2 aliphatic rings. The van der Waals surface area contributed by atoms with Gasteiger partial charge in [-0.15, -0.1) is 0 Å². The zero-order chi connectivity index (χ0) is 15.0. The maximum absolute atomic E-state index is 11.8. The van der Waals surface area contributed by atoms with E-state index in [0.29, 0.717) is 11.7 Å². The molecule has 1 aromatic carbocycles. The Bertz CT molecular complexity index is 685. The first-order valence-electron chi connectivity index (χ1n) is 6.71. The molecule has 0 saturated carbocycles. The summed E-state index contributed by atoms with van der Waals surface area (Å²) in [7, 11) is -2.99. The highest BCUT2D eigenvalue weighted by molar-refractivity contribution is 8.15. The molecular formula is C14H16N2O3S2. The van der Waals surface area contributed by atoms with Gasteiger partial charge in [-0.3, -0.25) is 4.79 Å². The van der Waals surface area contributed by atoms with Gasteiger partial charge in [0, 0.05) is 18.7 Å². The van der Waals surface area contributed by atoms with Crippen LogP contribution in [-0.4, -0.2) is 47.2 Å². The lowest BCUT2D eigenvalue weighted by Gasteiger charge is -2.24. The standard InChI is InChI=1S/C14H16N2O3S2/c1-10(17)15-14-16(7-11-5-3-2-4-6-11)12-8-21(18,19)9-13(12)20-14/h2-6,12-13H,7-9H2,1H3/t12-,13-/m1/s1. The number of hydrogen-bond donors (Lipinski definition) is 0. The van der Waals surface area contributed by atoms with Crippen molar-refractivity contribution in [1.29, 1.82) is 0 Å². The molecular weight excluding hydrogens is 308 g/mol. The fourth-order valence-electron chi connectivity index (χ4n) is 2.74. The number of aliphatic imine (C=N–C) groups is 1. The molecule has 1 amide bonds. The van der Waals surface area contributed by atoms with Gasteiger partial charge in [-0.05, 0) is 5.56 Å². The first-order valence-corrected chi connectivity index (χ1v) is 9.41. The second-order valence-corrected chi connectivity index (χ2v) is 8.69. The average Bonchev–Trinajstić information content (AvgIpc) is 2.84. The SMILES string of the molecule is CC(=O)N=C1S[C@@H]2CS(=O)(=O)C[C@H]2N1Cc1ccccc1. The van der Waals surface area contributed by atoms with Gasteiger partial charge in [0.25, 0.3) is 0 Å². The van der Waals surface area contributed by atoms with Gasteiger partial charge in [0.05, 0.1) is 17.5 Å². The summed E-state index contributed by atoms with van der Waals surface area (Å²) in [6, 6.07) is 9.74. The molecule has 7 heteroatoms. The monoisotopic (exact) mass is 324 g/mol. The molecule has 3 rings (SSSR count). The second-order valence-electron chi connectivity index (χ2n) is 5.33. The van der Waals surface area contributed by atoms with Crippen LogP contribution in [0.5, 0.6) is 0 Å². The first-order chi connectivity index (χ1) is 9.94. The number of fused-ring (bicyclic) bond motifs is 1. The summed E-state index contributed by atoms with van der Waals surface area (Å²) < 4.78 is 23.6. The molecule has 0 aromatic heterocycles. The van der Waals surface area contributed by atoms with Gasteiger partial charge in [-0.1, -0.05) is 42.1 Å². The van der Waals surface area contributed by atoms with Crippen molar-refractivity contribution in [2.75, 3.05) is 11.5 Å². The van der Waals surface area contributed by atoms with Crippen molar-refractivity contribution >= 4 is 32.7 Å². The molecule has 2 aliphatic heterocycles. The number of amidine groups is 1. The Balaban J connectivity index is 1.90. The number of carbonyl (C=O) groups excluding carboxylic acids is 1. The van der Waals surface area contributed by atoms with E-state index in [1.165, 1.54) is 18.7 Å². The summed E-state index contributed by atoms with van der Waals surface area (Å²) in [4.78, 5) is 17.3. The first kappa shape index (κ1) is 14.6. The number of amides is 1. The van der Waals surface area contributed by atoms with E-state index in [4.69, 9.17) is 0 Å².